The zero-order valence-electron chi connectivity index (χ0n) is 16.8. The average Bonchev–Trinajstić information content (AvgIpc) is 3.24. The third kappa shape index (κ3) is 4.75. The van der Waals surface area contributed by atoms with Crippen LogP contribution in [0.1, 0.15) is 11.1 Å². The van der Waals surface area contributed by atoms with Gasteiger partial charge in [0.15, 0.2) is 0 Å². The molecule has 1 aromatic heterocycles. The van der Waals surface area contributed by atoms with Crippen molar-refractivity contribution in [2.75, 3.05) is 5.32 Å². The van der Waals surface area contributed by atoms with Crippen LogP contribution in [0.2, 0.25) is 0 Å². The van der Waals surface area contributed by atoms with E-state index in [0.717, 1.165) is 12.1 Å². The van der Waals surface area contributed by atoms with Crippen molar-refractivity contribution >= 4 is 15.7 Å². The molecule has 33 heavy (non-hydrogen) atoms. The van der Waals surface area contributed by atoms with Crippen LogP contribution >= 0.6 is 0 Å². The number of aromatic nitrogens is 1. The third-order valence-electron chi connectivity index (χ3n) is 4.73. The van der Waals surface area contributed by atoms with E-state index in [-0.39, 0.29) is 17.3 Å². The van der Waals surface area contributed by atoms with Crippen molar-refractivity contribution < 1.29 is 30.4 Å². The van der Waals surface area contributed by atoms with E-state index >= 15 is 0 Å². The summed E-state index contributed by atoms with van der Waals surface area (Å²) in [6.07, 6.45) is -4.70. The second-order valence-corrected chi connectivity index (χ2v) is 8.86. The summed E-state index contributed by atoms with van der Waals surface area (Å²) in [5.74, 6) is -1.27. The maximum atomic E-state index is 13.5. The van der Waals surface area contributed by atoms with Gasteiger partial charge in [0.1, 0.15) is 5.82 Å². The summed E-state index contributed by atoms with van der Waals surface area (Å²) in [6.45, 7) is 0.0210. The fourth-order valence-electron chi connectivity index (χ4n) is 3.13. The summed E-state index contributed by atoms with van der Waals surface area (Å²) in [7, 11) is -4.22. The Balaban J connectivity index is 1.81. The highest BCUT2D eigenvalue weighted by Crippen LogP contribution is 2.39. The molecule has 4 rings (SSSR count). The van der Waals surface area contributed by atoms with Gasteiger partial charge in [-0.15, -0.1) is 0 Å². The number of halogens is 4. The zero-order chi connectivity index (χ0) is 23.6. The number of oxazole rings is 1. The lowest BCUT2D eigenvalue weighted by molar-refractivity contribution is -0.137. The van der Waals surface area contributed by atoms with E-state index in [1.54, 1.807) is 6.07 Å². The van der Waals surface area contributed by atoms with Crippen molar-refractivity contribution in [1.82, 2.24) is 4.98 Å². The highest BCUT2D eigenvalue weighted by molar-refractivity contribution is 7.91. The van der Waals surface area contributed by atoms with Crippen LogP contribution in [0.5, 0.6) is 0 Å². The first-order chi connectivity index (χ1) is 15.7. The van der Waals surface area contributed by atoms with E-state index < -0.39 is 43.9 Å². The fourth-order valence-corrected chi connectivity index (χ4v) is 4.43. The lowest BCUT2D eigenvalue weighted by Gasteiger charge is -2.09. The molecule has 10 heteroatoms. The zero-order valence-corrected chi connectivity index (χ0v) is 17.6. The Bertz CT molecular complexity index is 1370. The Morgan fingerprint density at radius 2 is 1.52 bits per heavy atom. The first kappa shape index (κ1) is 22.5. The minimum absolute atomic E-state index is 0.0210. The second kappa shape index (κ2) is 8.70. The van der Waals surface area contributed by atoms with Crippen molar-refractivity contribution in [3.05, 3.63) is 95.8 Å². The molecule has 0 saturated heterocycles. The van der Waals surface area contributed by atoms with Gasteiger partial charge in [0.05, 0.1) is 10.5 Å². The van der Waals surface area contributed by atoms with Crippen molar-refractivity contribution in [2.45, 2.75) is 22.6 Å². The Morgan fingerprint density at radius 1 is 0.879 bits per heavy atom. The first-order valence-corrected chi connectivity index (χ1v) is 11.1. The minimum atomic E-state index is -4.70. The Labute approximate surface area is 186 Å². The molecule has 0 bridgehead atoms. The summed E-state index contributed by atoms with van der Waals surface area (Å²) >= 11 is 0. The molecule has 170 valence electrons. The molecule has 0 atom stereocenters. The quantitative estimate of drug-likeness (QED) is 0.349. The Morgan fingerprint density at radius 3 is 2.18 bits per heavy atom. The number of rotatable bonds is 6. The van der Waals surface area contributed by atoms with Crippen molar-refractivity contribution in [2.24, 2.45) is 0 Å². The van der Waals surface area contributed by atoms with Gasteiger partial charge in [0.25, 0.3) is 0 Å². The molecule has 5 nitrogen and oxygen atoms in total. The van der Waals surface area contributed by atoms with Gasteiger partial charge in [-0.25, -0.2) is 12.8 Å². The monoisotopic (exact) mass is 476 g/mol. The van der Waals surface area contributed by atoms with Crippen LogP contribution in [0.3, 0.4) is 0 Å². The predicted octanol–water partition coefficient (Wildman–Crippen LogP) is 5.94. The summed E-state index contributed by atoms with van der Waals surface area (Å²) in [5, 5.41) is 2.21. The summed E-state index contributed by atoms with van der Waals surface area (Å²) in [4.78, 5) is 3.85. The Hall–Kier alpha value is -3.66. The van der Waals surface area contributed by atoms with Crippen molar-refractivity contribution in [1.29, 1.82) is 0 Å². The standard InChI is InChI=1S/C23H16F4N2O3S/c24-16-12-10-15(11-13-16)14-28-21-22(33(30,31)17-6-2-1-3-7-17)29-20(32-21)18-8-4-5-9-19(18)23(25,26)27/h1-13,28H,14H2. The highest BCUT2D eigenvalue weighted by atomic mass is 32.2. The molecule has 3 aromatic carbocycles. The molecule has 0 radical (unpaired) electrons. The highest BCUT2D eigenvalue weighted by Gasteiger charge is 2.36. The van der Waals surface area contributed by atoms with E-state index in [2.05, 4.69) is 10.3 Å². The smallest absolute Gasteiger partial charge is 0.417 e. The molecule has 4 aromatic rings. The number of sulfone groups is 1. The molecule has 0 aliphatic carbocycles. The first-order valence-electron chi connectivity index (χ1n) is 9.62. The van der Waals surface area contributed by atoms with Gasteiger partial charge in [-0.2, -0.15) is 18.2 Å². The second-order valence-electron chi connectivity index (χ2n) is 6.99. The van der Waals surface area contributed by atoms with Gasteiger partial charge < -0.3 is 9.73 Å². The molecule has 0 saturated carbocycles. The number of alkyl halides is 3. The minimum Gasteiger partial charge on any atom is -0.419 e. The van der Waals surface area contributed by atoms with Crippen LogP contribution in [0, 0.1) is 5.82 Å². The van der Waals surface area contributed by atoms with Crippen LogP contribution in [0.25, 0.3) is 11.5 Å². The molecular formula is C23H16F4N2O3S. The van der Waals surface area contributed by atoms with Crippen LogP contribution in [-0.4, -0.2) is 13.4 Å². The fraction of sp³-hybridized carbons (Fsp3) is 0.0870. The number of hydrogen-bond acceptors (Lipinski definition) is 5. The third-order valence-corrected chi connectivity index (χ3v) is 6.41. The van der Waals surface area contributed by atoms with Gasteiger partial charge in [-0.3, -0.25) is 0 Å². The molecular weight excluding hydrogens is 460 g/mol. The number of anilines is 1. The summed E-state index contributed by atoms with van der Waals surface area (Å²) < 4.78 is 85.6. The maximum absolute atomic E-state index is 13.5. The Kier molecular flexibility index (Phi) is 5.94. The lowest BCUT2D eigenvalue weighted by atomic mass is 10.1. The van der Waals surface area contributed by atoms with Gasteiger partial charge >= 0.3 is 6.18 Å². The van der Waals surface area contributed by atoms with Crippen LogP contribution in [-0.2, 0) is 22.6 Å². The number of nitrogens with zero attached hydrogens (tertiary/aromatic N) is 1. The SMILES string of the molecule is O=S(=O)(c1ccccc1)c1nc(-c2ccccc2C(F)(F)F)oc1NCc1ccc(F)cc1. The van der Waals surface area contributed by atoms with E-state index in [0.29, 0.717) is 5.56 Å². The van der Waals surface area contributed by atoms with E-state index in [1.807, 2.05) is 0 Å². The lowest BCUT2D eigenvalue weighted by Crippen LogP contribution is -2.08. The normalized spacial score (nSPS) is 12.0. The topological polar surface area (TPSA) is 72.2 Å². The van der Waals surface area contributed by atoms with Crippen molar-refractivity contribution in [3.8, 4) is 11.5 Å². The van der Waals surface area contributed by atoms with Crippen LogP contribution < -0.4 is 5.32 Å². The maximum Gasteiger partial charge on any atom is 0.417 e. The van der Waals surface area contributed by atoms with Gasteiger partial charge in [0.2, 0.25) is 26.6 Å². The molecule has 0 unspecified atom stereocenters. The van der Waals surface area contributed by atoms with E-state index in [4.69, 9.17) is 4.42 Å². The number of nitrogens with one attached hydrogen (secondary N) is 1. The molecule has 0 aliphatic heterocycles. The molecule has 1 N–H and O–H groups in total. The molecule has 0 aliphatic rings. The van der Waals surface area contributed by atoms with Gasteiger partial charge in [-0.1, -0.05) is 42.5 Å². The summed E-state index contributed by atoms with van der Waals surface area (Å²) in [5.41, 5.74) is -0.822. The van der Waals surface area contributed by atoms with E-state index in [9.17, 15) is 26.0 Å². The molecule has 0 amide bonds. The van der Waals surface area contributed by atoms with Crippen LogP contribution in [0.4, 0.5) is 23.4 Å². The van der Waals surface area contributed by atoms with Gasteiger partial charge in [0, 0.05) is 12.1 Å². The molecule has 1 heterocycles. The van der Waals surface area contributed by atoms with E-state index in [1.165, 1.54) is 60.7 Å². The number of benzene rings is 3. The largest absolute Gasteiger partial charge is 0.419 e. The van der Waals surface area contributed by atoms with Crippen LogP contribution in [0.15, 0.2) is 93.2 Å². The van der Waals surface area contributed by atoms with Gasteiger partial charge in [-0.05, 0) is 42.0 Å². The van der Waals surface area contributed by atoms with Crippen molar-refractivity contribution in [3.63, 3.8) is 0 Å². The number of hydrogen-bond donors (Lipinski definition) is 1. The molecule has 0 spiro atoms. The molecule has 0 fully saturated rings. The summed E-state index contributed by atoms with van der Waals surface area (Å²) in [6, 6.07) is 17.3. The average molecular weight is 476 g/mol. The predicted molar refractivity (Wildman–Crippen MR) is 113 cm³/mol.